The van der Waals surface area contributed by atoms with Crippen LogP contribution in [0.2, 0.25) is 0 Å². The van der Waals surface area contributed by atoms with E-state index in [1.165, 1.54) is 13.0 Å². The van der Waals surface area contributed by atoms with Crippen LogP contribution in [0, 0.1) is 43.7 Å². The Labute approximate surface area is 307 Å². The third-order valence-corrected chi connectivity index (χ3v) is 10.8. The molecule has 1 unspecified atom stereocenters. The van der Waals surface area contributed by atoms with Crippen LogP contribution >= 0.6 is 0 Å². The van der Waals surface area contributed by atoms with E-state index in [4.69, 9.17) is 4.74 Å². The maximum atomic E-state index is 16.7. The Bertz CT molecular complexity index is 1870. The van der Waals surface area contributed by atoms with Gasteiger partial charge in [-0.15, -0.1) is 0 Å². The summed E-state index contributed by atoms with van der Waals surface area (Å²) in [5.41, 5.74) is -0.362. The minimum Gasteiger partial charge on any atom is -0.466 e. The summed E-state index contributed by atoms with van der Waals surface area (Å²) in [6.45, 7) is 12.2. The van der Waals surface area contributed by atoms with Crippen LogP contribution in [0.15, 0.2) is 41.3 Å². The number of alkyl halides is 3. The van der Waals surface area contributed by atoms with E-state index in [9.17, 15) is 27.6 Å². The van der Waals surface area contributed by atoms with Crippen LogP contribution in [0.3, 0.4) is 0 Å². The van der Waals surface area contributed by atoms with Crippen LogP contribution in [-0.2, 0) is 26.9 Å². The lowest BCUT2D eigenvalue weighted by atomic mass is 9.78. The Hall–Kier alpha value is -4.06. The summed E-state index contributed by atoms with van der Waals surface area (Å²) in [5.74, 6) is -3.86. The second-order valence-corrected chi connectivity index (χ2v) is 15.4. The van der Waals surface area contributed by atoms with Crippen molar-refractivity contribution < 1.29 is 36.3 Å². The van der Waals surface area contributed by atoms with Gasteiger partial charge in [0.15, 0.2) is 0 Å². The molecule has 53 heavy (non-hydrogen) atoms. The van der Waals surface area contributed by atoms with Crippen molar-refractivity contribution in [2.24, 2.45) is 11.3 Å². The molecule has 2 heterocycles. The molecule has 0 radical (unpaired) electrons. The predicted octanol–water partition coefficient (Wildman–Crippen LogP) is 8.55. The van der Waals surface area contributed by atoms with Gasteiger partial charge in [0.25, 0.3) is 5.56 Å². The number of nitrogens with zero attached hydrogens (tertiary/aromatic N) is 2. The maximum absolute atomic E-state index is 16.7. The highest BCUT2D eigenvalue weighted by Crippen LogP contribution is 2.45. The molecule has 3 aromatic rings. The molecule has 288 valence electrons. The van der Waals surface area contributed by atoms with Crippen LogP contribution in [0.4, 0.5) is 22.0 Å². The SMILES string of the molecule is CCOC(=O)C[C@H](NC(=O)C(CC(C)C)n1cc(CCN2CC3(CCCC3)C2)c(C(F)(F)F)cc1=O)c1c(F)c(C)cc(-c2c(C)cccc2C)c1F. The van der Waals surface area contributed by atoms with Gasteiger partial charge in [0.05, 0.1) is 24.6 Å². The Morgan fingerprint density at radius 2 is 1.62 bits per heavy atom. The summed E-state index contributed by atoms with van der Waals surface area (Å²) >= 11 is 0. The maximum Gasteiger partial charge on any atom is 0.416 e. The molecule has 0 bridgehead atoms. The van der Waals surface area contributed by atoms with Gasteiger partial charge in [0.1, 0.15) is 17.7 Å². The van der Waals surface area contributed by atoms with Crippen molar-refractivity contribution >= 4 is 11.9 Å². The number of ether oxygens (including phenoxy) is 1. The number of aryl methyl sites for hydroxylation is 3. The highest BCUT2D eigenvalue weighted by atomic mass is 19.4. The molecule has 1 saturated heterocycles. The molecule has 1 N–H and O–H groups in total. The van der Waals surface area contributed by atoms with Gasteiger partial charge in [-0.2, -0.15) is 13.2 Å². The number of carbonyl (C=O) groups excluding carboxylic acids is 2. The summed E-state index contributed by atoms with van der Waals surface area (Å²) in [7, 11) is 0. The van der Waals surface area contributed by atoms with Crippen LogP contribution < -0.4 is 10.9 Å². The third-order valence-electron chi connectivity index (χ3n) is 10.8. The molecule has 12 heteroatoms. The van der Waals surface area contributed by atoms with Crippen molar-refractivity contribution in [2.75, 3.05) is 26.2 Å². The highest BCUT2D eigenvalue weighted by Gasteiger charge is 2.44. The minimum atomic E-state index is -4.80. The number of hydrogen-bond acceptors (Lipinski definition) is 5. The predicted molar refractivity (Wildman–Crippen MR) is 193 cm³/mol. The normalized spacial score (nSPS) is 16.8. The van der Waals surface area contributed by atoms with Crippen molar-refractivity contribution in [1.29, 1.82) is 0 Å². The third kappa shape index (κ3) is 8.85. The fourth-order valence-electron chi connectivity index (χ4n) is 8.28. The average molecular weight is 744 g/mol. The van der Waals surface area contributed by atoms with Gasteiger partial charge in [-0.3, -0.25) is 14.4 Å². The second-order valence-electron chi connectivity index (χ2n) is 15.4. The Kier molecular flexibility index (Phi) is 12.2. The van der Waals surface area contributed by atoms with Crippen LogP contribution in [-0.4, -0.2) is 47.6 Å². The van der Waals surface area contributed by atoms with Crippen molar-refractivity contribution in [1.82, 2.24) is 14.8 Å². The summed E-state index contributed by atoms with van der Waals surface area (Å²) in [5, 5.41) is 2.62. The number of rotatable bonds is 13. The fourth-order valence-corrected chi connectivity index (χ4v) is 8.28. The quantitative estimate of drug-likeness (QED) is 0.140. The fraction of sp³-hybridized carbons (Fsp3) is 0.537. The van der Waals surface area contributed by atoms with Gasteiger partial charge in [0.2, 0.25) is 5.91 Å². The second kappa shape index (κ2) is 16.1. The molecule has 2 fully saturated rings. The zero-order chi connectivity index (χ0) is 38.8. The molecule has 1 amide bonds. The molecule has 2 aliphatic rings. The van der Waals surface area contributed by atoms with E-state index < -0.39 is 64.9 Å². The average Bonchev–Trinajstić information content (AvgIpc) is 3.55. The number of pyridine rings is 1. The summed E-state index contributed by atoms with van der Waals surface area (Å²) in [4.78, 5) is 42.7. The van der Waals surface area contributed by atoms with Gasteiger partial charge >= 0.3 is 12.1 Å². The number of amides is 1. The number of esters is 1. The van der Waals surface area contributed by atoms with Gasteiger partial charge in [-0.25, -0.2) is 8.78 Å². The molecule has 1 saturated carbocycles. The molecule has 7 nitrogen and oxygen atoms in total. The lowest BCUT2D eigenvalue weighted by Crippen LogP contribution is -2.55. The zero-order valence-corrected chi connectivity index (χ0v) is 31.4. The largest absolute Gasteiger partial charge is 0.466 e. The van der Waals surface area contributed by atoms with E-state index in [1.54, 1.807) is 46.8 Å². The molecule has 2 atom stereocenters. The van der Waals surface area contributed by atoms with E-state index in [2.05, 4.69) is 10.2 Å². The van der Waals surface area contributed by atoms with Crippen molar-refractivity contribution in [3.8, 4) is 11.1 Å². The molecule has 1 aromatic heterocycles. The van der Waals surface area contributed by atoms with E-state index in [0.717, 1.165) is 60.7 Å². The van der Waals surface area contributed by atoms with Gasteiger partial charge in [-0.05, 0) is 98.6 Å². The van der Waals surface area contributed by atoms with Crippen LogP contribution in [0.25, 0.3) is 11.1 Å². The number of likely N-dealkylation sites (tertiary alicyclic amines) is 1. The molecule has 5 rings (SSSR count). The van der Waals surface area contributed by atoms with E-state index in [0.29, 0.717) is 18.2 Å². The molecular formula is C41H50F5N3O4. The first-order chi connectivity index (χ1) is 24.9. The number of nitrogens with one attached hydrogen (secondary N) is 1. The standard InChI is InChI=1S/C41H50F5N3O4/c1-7-53-34(51)20-31(36-37(42)27(6)18-29(38(36)43)35-25(4)11-10-12-26(35)5)47-39(52)32(17-24(2)3)49-21-28(30(19-33(49)50)41(44,45)46)13-16-48-22-40(23-48)14-8-9-15-40/h10-12,18-19,21,24,31-32H,7-9,13-17,20,22-23H2,1-6H3,(H,47,52)/t31-,32?/m0/s1. The lowest BCUT2D eigenvalue weighted by Gasteiger charge is -2.48. The summed E-state index contributed by atoms with van der Waals surface area (Å²) < 4.78 is 81.7. The zero-order valence-electron chi connectivity index (χ0n) is 31.4. The minimum absolute atomic E-state index is 0.00746. The molecule has 1 spiro atoms. The van der Waals surface area contributed by atoms with Gasteiger partial charge < -0.3 is 19.5 Å². The van der Waals surface area contributed by atoms with Crippen LogP contribution in [0.5, 0.6) is 0 Å². The smallest absolute Gasteiger partial charge is 0.416 e. The van der Waals surface area contributed by atoms with E-state index in [1.807, 2.05) is 6.07 Å². The van der Waals surface area contributed by atoms with Crippen molar-refractivity contribution in [3.63, 3.8) is 0 Å². The number of halogens is 5. The monoisotopic (exact) mass is 743 g/mol. The molecule has 2 aromatic carbocycles. The van der Waals surface area contributed by atoms with E-state index in [-0.39, 0.29) is 47.5 Å². The molecule has 1 aliphatic heterocycles. The Balaban J connectivity index is 1.54. The number of benzene rings is 2. The lowest BCUT2D eigenvalue weighted by molar-refractivity contribution is -0.144. The van der Waals surface area contributed by atoms with Gasteiger partial charge in [-0.1, -0.05) is 44.9 Å². The summed E-state index contributed by atoms with van der Waals surface area (Å²) in [6, 6.07) is 4.38. The number of carbonyl (C=O) groups is 2. The Morgan fingerprint density at radius 1 is 0.981 bits per heavy atom. The number of hydrogen-bond donors (Lipinski definition) is 1. The number of aromatic nitrogens is 1. The highest BCUT2D eigenvalue weighted by molar-refractivity contribution is 5.82. The van der Waals surface area contributed by atoms with Crippen molar-refractivity contribution in [3.05, 3.63) is 91.9 Å². The molecular weight excluding hydrogens is 693 g/mol. The first kappa shape index (κ1) is 40.1. The summed E-state index contributed by atoms with van der Waals surface area (Å²) in [6.07, 6.45) is 0.253. The Morgan fingerprint density at radius 3 is 2.21 bits per heavy atom. The topological polar surface area (TPSA) is 80.6 Å². The van der Waals surface area contributed by atoms with Gasteiger partial charge in [0, 0.05) is 43.0 Å². The first-order valence-electron chi connectivity index (χ1n) is 18.5. The van der Waals surface area contributed by atoms with E-state index >= 15 is 8.78 Å². The van der Waals surface area contributed by atoms with Crippen molar-refractivity contribution in [2.45, 2.75) is 105 Å². The first-order valence-corrected chi connectivity index (χ1v) is 18.5. The van der Waals surface area contributed by atoms with Crippen LogP contribution in [0.1, 0.15) is 105 Å². The molecule has 1 aliphatic carbocycles.